The van der Waals surface area contributed by atoms with Crippen molar-refractivity contribution < 1.29 is 17.9 Å². The molecule has 0 saturated carbocycles. The zero-order valence-corrected chi connectivity index (χ0v) is 22.3. The number of Topliss-reactive ketones (excluding diaryl/α,β-unsaturated/α-hetero) is 1. The summed E-state index contributed by atoms with van der Waals surface area (Å²) in [6.45, 7) is 9.47. The maximum atomic E-state index is 12.9. The number of rotatable bonds is 12. The van der Waals surface area contributed by atoms with Crippen molar-refractivity contribution in [2.75, 3.05) is 38.4 Å². The molecule has 0 amide bonds. The van der Waals surface area contributed by atoms with E-state index in [-0.39, 0.29) is 16.4 Å². The van der Waals surface area contributed by atoms with Crippen molar-refractivity contribution >= 4 is 27.6 Å². The minimum Gasteiger partial charge on any atom is -0.383 e. The van der Waals surface area contributed by atoms with E-state index in [1.54, 1.807) is 39.2 Å². The van der Waals surface area contributed by atoms with Crippen LogP contribution < -0.4 is 5.84 Å². The molecule has 3 aromatic rings. The Hall–Kier alpha value is -2.67. The molecule has 0 atom stereocenters. The van der Waals surface area contributed by atoms with Crippen molar-refractivity contribution in [1.29, 1.82) is 0 Å². The Morgan fingerprint density at radius 2 is 1.89 bits per heavy atom. The van der Waals surface area contributed by atoms with E-state index < -0.39 is 10.0 Å². The number of thioether (sulfide) groups is 1. The molecule has 10 nitrogen and oxygen atoms in total. The molecule has 190 valence electrons. The fraction of sp³-hybridized carbons (Fsp3) is 0.435. The lowest BCUT2D eigenvalue weighted by molar-refractivity contribution is 0.102. The van der Waals surface area contributed by atoms with Crippen molar-refractivity contribution in [3.8, 4) is 11.4 Å². The van der Waals surface area contributed by atoms with Gasteiger partial charge in [-0.25, -0.2) is 13.1 Å². The lowest BCUT2D eigenvalue weighted by atomic mass is 10.2. The van der Waals surface area contributed by atoms with Gasteiger partial charge in [-0.05, 0) is 32.0 Å². The number of aryl methyl sites for hydroxylation is 1. The Morgan fingerprint density at radius 1 is 1.17 bits per heavy atom. The van der Waals surface area contributed by atoms with Crippen LogP contribution in [0.15, 0.2) is 40.4 Å². The summed E-state index contributed by atoms with van der Waals surface area (Å²) in [4.78, 5) is 13.1. The SMILES string of the molecule is CCN(CC)S(=O)(=O)c1cccc(-c2nnc(SCC(=O)c3cc(C)n(CCOC)c3C)n2N)c1. The average Bonchev–Trinajstić information content (AvgIpc) is 3.35. The van der Waals surface area contributed by atoms with E-state index >= 15 is 0 Å². The van der Waals surface area contributed by atoms with E-state index in [1.807, 2.05) is 19.9 Å². The Bertz CT molecular complexity index is 1300. The summed E-state index contributed by atoms with van der Waals surface area (Å²) in [7, 11) is -1.98. The number of nitrogens with two attached hydrogens (primary N) is 1. The highest BCUT2D eigenvalue weighted by Gasteiger charge is 2.23. The molecule has 2 N–H and O–H groups in total. The Labute approximate surface area is 210 Å². The monoisotopic (exact) mass is 520 g/mol. The van der Waals surface area contributed by atoms with E-state index in [9.17, 15) is 13.2 Å². The molecule has 0 radical (unpaired) electrons. The van der Waals surface area contributed by atoms with Gasteiger partial charge in [0.25, 0.3) is 0 Å². The van der Waals surface area contributed by atoms with Crippen molar-refractivity contribution in [1.82, 2.24) is 23.7 Å². The molecule has 0 aliphatic carbocycles. The van der Waals surface area contributed by atoms with Crippen LogP contribution in [0.4, 0.5) is 0 Å². The molecule has 12 heteroatoms. The highest BCUT2D eigenvalue weighted by Crippen LogP contribution is 2.26. The van der Waals surface area contributed by atoms with Crippen LogP contribution in [-0.4, -0.2) is 70.5 Å². The zero-order valence-electron chi connectivity index (χ0n) is 20.7. The van der Waals surface area contributed by atoms with Crippen LogP contribution in [0.5, 0.6) is 0 Å². The Balaban J connectivity index is 1.78. The summed E-state index contributed by atoms with van der Waals surface area (Å²) >= 11 is 1.18. The lowest BCUT2D eigenvalue weighted by Gasteiger charge is -2.18. The normalized spacial score (nSPS) is 11.9. The first kappa shape index (κ1) is 26.9. The van der Waals surface area contributed by atoms with Crippen molar-refractivity contribution in [2.45, 2.75) is 44.3 Å². The molecule has 1 aromatic carbocycles. The molecular formula is C23H32N6O4S2. The highest BCUT2D eigenvalue weighted by molar-refractivity contribution is 7.99. The van der Waals surface area contributed by atoms with Gasteiger partial charge in [-0.15, -0.1) is 10.2 Å². The largest absolute Gasteiger partial charge is 0.383 e. The summed E-state index contributed by atoms with van der Waals surface area (Å²) in [5, 5.41) is 8.62. The fourth-order valence-electron chi connectivity index (χ4n) is 3.90. The third-order valence-electron chi connectivity index (χ3n) is 5.83. The number of sulfonamides is 1. The Morgan fingerprint density at radius 3 is 2.54 bits per heavy atom. The highest BCUT2D eigenvalue weighted by atomic mass is 32.2. The summed E-state index contributed by atoms with van der Waals surface area (Å²) in [5.74, 6) is 6.64. The van der Waals surface area contributed by atoms with Crippen molar-refractivity contribution in [2.24, 2.45) is 0 Å². The van der Waals surface area contributed by atoms with Gasteiger partial charge in [0.1, 0.15) is 0 Å². The maximum absolute atomic E-state index is 12.9. The first-order chi connectivity index (χ1) is 16.6. The fourth-order valence-corrected chi connectivity index (χ4v) is 6.14. The van der Waals surface area contributed by atoms with Crippen LogP contribution >= 0.6 is 11.8 Å². The maximum Gasteiger partial charge on any atom is 0.243 e. The zero-order chi connectivity index (χ0) is 25.8. The summed E-state index contributed by atoms with van der Waals surface area (Å²) in [6, 6.07) is 8.34. The second-order valence-electron chi connectivity index (χ2n) is 7.93. The molecule has 0 fully saturated rings. The molecule has 0 aliphatic heterocycles. The molecule has 2 aromatic heterocycles. The lowest BCUT2D eigenvalue weighted by Crippen LogP contribution is -2.30. The van der Waals surface area contributed by atoms with Gasteiger partial charge >= 0.3 is 0 Å². The predicted octanol–water partition coefficient (Wildman–Crippen LogP) is 2.73. The molecule has 2 heterocycles. The number of carbonyl (C=O) groups is 1. The van der Waals surface area contributed by atoms with Gasteiger partial charge in [-0.1, -0.05) is 37.7 Å². The van der Waals surface area contributed by atoms with E-state index in [4.69, 9.17) is 10.6 Å². The molecule has 0 spiro atoms. The number of hydrogen-bond donors (Lipinski definition) is 1. The number of hydrogen-bond acceptors (Lipinski definition) is 8. The van der Waals surface area contributed by atoms with Crippen LogP contribution in [0.3, 0.4) is 0 Å². The Kier molecular flexibility index (Phi) is 8.75. The number of nitrogen functional groups attached to an aromatic ring is 1. The predicted molar refractivity (Wildman–Crippen MR) is 137 cm³/mol. The van der Waals surface area contributed by atoms with Gasteiger partial charge in [0, 0.05) is 49.3 Å². The topological polar surface area (TPSA) is 125 Å². The summed E-state index contributed by atoms with van der Waals surface area (Å²) < 4.78 is 35.7. The quantitative estimate of drug-likeness (QED) is 0.220. The summed E-state index contributed by atoms with van der Waals surface area (Å²) in [5.41, 5.74) is 3.07. The first-order valence-corrected chi connectivity index (χ1v) is 13.7. The van der Waals surface area contributed by atoms with Crippen molar-refractivity contribution in [3.05, 3.63) is 47.3 Å². The van der Waals surface area contributed by atoms with E-state index in [0.29, 0.717) is 48.3 Å². The van der Waals surface area contributed by atoms with E-state index in [1.165, 1.54) is 26.8 Å². The molecule has 0 bridgehead atoms. The third kappa shape index (κ3) is 5.61. The number of nitrogens with zero attached hydrogens (tertiary/aromatic N) is 5. The van der Waals surface area contributed by atoms with E-state index in [0.717, 1.165) is 11.4 Å². The van der Waals surface area contributed by atoms with Gasteiger partial charge in [0.05, 0.1) is 17.3 Å². The standard InChI is InChI=1S/C23H32N6O4S2/c1-6-27(7-2)35(31,32)19-10-8-9-18(14-19)22-25-26-23(29(22)24)34-15-21(30)20-13-16(3)28(17(20)4)11-12-33-5/h8-10,13-14H,6-7,11-12,15,24H2,1-5H3. The van der Waals surface area contributed by atoms with Gasteiger partial charge < -0.3 is 15.1 Å². The van der Waals surface area contributed by atoms with Gasteiger partial charge in [0.15, 0.2) is 11.6 Å². The number of methoxy groups -OCH3 is 1. The van der Waals surface area contributed by atoms with Gasteiger partial charge in [-0.3, -0.25) is 4.79 Å². The number of carbonyl (C=O) groups excluding carboxylic acids is 1. The van der Waals surface area contributed by atoms with Crippen LogP contribution in [0.1, 0.15) is 35.6 Å². The minimum atomic E-state index is -3.63. The van der Waals surface area contributed by atoms with Gasteiger partial charge in [0.2, 0.25) is 15.2 Å². The number of ketones is 1. The third-order valence-corrected chi connectivity index (χ3v) is 8.81. The van der Waals surface area contributed by atoms with Crippen molar-refractivity contribution in [3.63, 3.8) is 0 Å². The van der Waals surface area contributed by atoms with Gasteiger partial charge in [-0.2, -0.15) is 4.31 Å². The minimum absolute atomic E-state index is 0.0383. The molecular weight excluding hydrogens is 488 g/mol. The second kappa shape index (κ2) is 11.4. The average molecular weight is 521 g/mol. The second-order valence-corrected chi connectivity index (χ2v) is 10.8. The molecule has 3 rings (SSSR count). The molecule has 35 heavy (non-hydrogen) atoms. The summed E-state index contributed by atoms with van der Waals surface area (Å²) in [6.07, 6.45) is 0. The van der Waals surface area contributed by atoms with E-state index in [2.05, 4.69) is 14.8 Å². The molecule has 0 unspecified atom stereocenters. The van der Waals surface area contributed by atoms with Crippen LogP contribution in [0.2, 0.25) is 0 Å². The van der Waals surface area contributed by atoms with Crippen LogP contribution in [-0.2, 0) is 21.3 Å². The first-order valence-electron chi connectivity index (χ1n) is 11.3. The number of ether oxygens (including phenoxy) is 1. The van der Waals surface area contributed by atoms with Crippen LogP contribution in [0.25, 0.3) is 11.4 Å². The smallest absolute Gasteiger partial charge is 0.243 e. The number of benzene rings is 1. The number of aromatic nitrogens is 4. The molecule has 0 saturated heterocycles. The van der Waals surface area contributed by atoms with Crippen LogP contribution in [0, 0.1) is 13.8 Å². The molecule has 0 aliphatic rings.